The van der Waals surface area contributed by atoms with E-state index in [2.05, 4.69) is 29.6 Å². The molecule has 2 rings (SSSR count). The van der Waals surface area contributed by atoms with Gasteiger partial charge in [0.1, 0.15) is 0 Å². The van der Waals surface area contributed by atoms with E-state index in [0.29, 0.717) is 5.92 Å². The third kappa shape index (κ3) is 4.60. The van der Waals surface area contributed by atoms with E-state index in [1.165, 1.54) is 5.56 Å². The minimum Gasteiger partial charge on any atom is -0.316 e. The molecule has 0 saturated carbocycles. The Balaban J connectivity index is 1.55. The lowest BCUT2D eigenvalue weighted by molar-refractivity contribution is 0.382. The van der Waals surface area contributed by atoms with E-state index < -0.39 is 10.8 Å². The van der Waals surface area contributed by atoms with E-state index in [-0.39, 0.29) is 0 Å². The number of rotatable bonds is 7. The Bertz CT molecular complexity index is 348. The third-order valence-electron chi connectivity index (χ3n) is 3.22. The normalized spacial score (nSPS) is 17.6. The minimum absolute atomic E-state index is 0.597. The molecule has 1 saturated heterocycles. The van der Waals surface area contributed by atoms with Crippen LogP contribution < -0.4 is 5.32 Å². The predicted octanol–water partition coefficient (Wildman–Crippen LogP) is 1.98. The summed E-state index contributed by atoms with van der Waals surface area (Å²) in [7, 11) is -0.597. The van der Waals surface area contributed by atoms with Crippen molar-refractivity contribution < 1.29 is 4.21 Å². The zero-order valence-corrected chi connectivity index (χ0v) is 11.0. The number of hydrogen-bond donors (Lipinski definition) is 1. The summed E-state index contributed by atoms with van der Waals surface area (Å²) in [6.45, 7) is 2.13. The van der Waals surface area contributed by atoms with E-state index in [1.807, 2.05) is 6.07 Å². The van der Waals surface area contributed by atoms with Crippen LogP contribution in [0.15, 0.2) is 30.3 Å². The van der Waals surface area contributed by atoms with Crippen molar-refractivity contribution in [1.29, 1.82) is 0 Å². The van der Waals surface area contributed by atoms with Gasteiger partial charge in [-0.05, 0) is 30.7 Å². The van der Waals surface area contributed by atoms with Crippen LogP contribution in [-0.4, -0.2) is 28.8 Å². The van der Waals surface area contributed by atoms with Gasteiger partial charge in [0, 0.05) is 35.4 Å². The summed E-state index contributed by atoms with van der Waals surface area (Å²) in [5.74, 6) is 2.45. The van der Waals surface area contributed by atoms with Crippen LogP contribution in [0.2, 0.25) is 0 Å². The number of unbranched alkanes of at least 4 members (excludes halogenated alkanes) is 1. The van der Waals surface area contributed by atoms with Gasteiger partial charge in [-0.1, -0.05) is 30.3 Å². The molecule has 1 atom stereocenters. The van der Waals surface area contributed by atoms with Gasteiger partial charge in [0.25, 0.3) is 0 Å². The van der Waals surface area contributed by atoms with Gasteiger partial charge in [0.05, 0.1) is 0 Å². The smallest absolute Gasteiger partial charge is 0.0287 e. The van der Waals surface area contributed by atoms with Gasteiger partial charge in [-0.3, -0.25) is 4.21 Å². The van der Waals surface area contributed by atoms with Gasteiger partial charge in [-0.15, -0.1) is 0 Å². The molecule has 1 aromatic carbocycles. The maximum Gasteiger partial charge on any atom is 0.0287 e. The Labute approximate surface area is 106 Å². The highest BCUT2D eigenvalue weighted by Gasteiger charge is 2.18. The van der Waals surface area contributed by atoms with Crippen LogP contribution in [0.3, 0.4) is 0 Å². The molecule has 1 aromatic rings. The van der Waals surface area contributed by atoms with Crippen LogP contribution in [0.1, 0.15) is 18.4 Å². The van der Waals surface area contributed by atoms with E-state index in [1.54, 1.807) is 0 Å². The van der Waals surface area contributed by atoms with Crippen molar-refractivity contribution in [3.05, 3.63) is 35.9 Å². The summed E-state index contributed by atoms with van der Waals surface area (Å²) in [5.41, 5.74) is 1.39. The van der Waals surface area contributed by atoms with E-state index >= 15 is 0 Å². The fraction of sp³-hybridized carbons (Fsp3) is 0.571. The van der Waals surface area contributed by atoms with Crippen LogP contribution in [-0.2, 0) is 17.2 Å². The van der Waals surface area contributed by atoms with Crippen LogP contribution in [0.4, 0.5) is 0 Å². The average Bonchev–Trinajstić information content (AvgIpc) is 2.31. The maximum atomic E-state index is 11.7. The van der Waals surface area contributed by atoms with Crippen molar-refractivity contribution in [2.75, 3.05) is 24.6 Å². The molecule has 0 aromatic heterocycles. The highest BCUT2D eigenvalue weighted by Crippen LogP contribution is 2.08. The van der Waals surface area contributed by atoms with Crippen LogP contribution in [0, 0.1) is 5.92 Å². The molecule has 3 heteroatoms. The summed E-state index contributed by atoms with van der Waals surface area (Å²) in [6.07, 6.45) is 3.35. The topological polar surface area (TPSA) is 29.1 Å². The molecule has 1 fully saturated rings. The molecule has 1 unspecified atom stereocenters. The molecule has 1 aliphatic heterocycles. The highest BCUT2D eigenvalue weighted by atomic mass is 32.2. The van der Waals surface area contributed by atoms with Gasteiger partial charge < -0.3 is 5.32 Å². The average molecular weight is 251 g/mol. The van der Waals surface area contributed by atoms with Crippen molar-refractivity contribution in [2.45, 2.75) is 19.3 Å². The first-order chi connectivity index (χ1) is 8.34. The van der Waals surface area contributed by atoms with Crippen molar-refractivity contribution >= 4 is 10.8 Å². The fourth-order valence-corrected chi connectivity index (χ4v) is 3.50. The second-order valence-corrected chi connectivity index (χ2v) is 6.40. The SMILES string of the molecule is O=S(CCCCc1ccccc1)CC1CNC1. The molecule has 2 nitrogen and oxygen atoms in total. The quantitative estimate of drug-likeness (QED) is 0.751. The number of aryl methyl sites for hydroxylation is 1. The van der Waals surface area contributed by atoms with Gasteiger partial charge in [-0.2, -0.15) is 0 Å². The summed E-state index contributed by atoms with van der Waals surface area (Å²) in [6, 6.07) is 10.5. The molecule has 1 N–H and O–H groups in total. The largest absolute Gasteiger partial charge is 0.316 e. The van der Waals surface area contributed by atoms with E-state index in [9.17, 15) is 4.21 Å². The Morgan fingerprint density at radius 3 is 2.59 bits per heavy atom. The zero-order valence-electron chi connectivity index (χ0n) is 10.2. The molecule has 0 aliphatic carbocycles. The Kier molecular flexibility index (Phi) is 5.20. The summed E-state index contributed by atoms with van der Waals surface area (Å²) in [5, 5.41) is 3.22. The van der Waals surface area contributed by atoms with Gasteiger partial charge >= 0.3 is 0 Å². The fourth-order valence-electron chi connectivity index (χ4n) is 2.05. The molecule has 94 valence electrons. The minimum atomic E-state index is -0.597. The van der Waals surface area contributed by atoms with Crippen LogP contribution >= 0.6 is 0 Å². The summed E-state index contributed by atoms with van der Waals surface area (Å²) in [4.78, 5) is 0. The molecule has 0 radical (unpaired) electrons. The Morgan fingerprint density at radius 1 is 1.18 bits per heavy atom. The molecule has 1 aliphatic rings. The molecule has 17 heavy (non-hydrogen) atoms. The first kappa shape index (κ1) is 12.8. The Morgan fingerprint density at radius 2 is 1.94 bits per heavy atom. The first-order valence-corrected chi connectivity index (χ1v) is 7.93. The van der Waals surface area contributed by atoms with Gasteiger partial charge in [0.2, 0.25) is 0 Å². The van der Waals surface area contributed by atoms with Gasteiger partial charge in [0.15, 0.2) is 0 Å². The molecule has 0 spiro atoms. The molecular formula is C14H21NOS. The number of benzene rings is 1. The van der Waals surface area contributed by atoms with Crippen molar-refractivity contribution in [1.82, 2.24) is 5.32 Å². The highest BCUT2D eigenvalue weighted by molar-refractivity contribution is 7.84. The van der Waals surface area contributed by atoms with Crippen molar-refractivity contribution in [2.24, 2.45) is 5.92 Å². The molecule has 0 amide bonds. The monoisotopic (exact) mass is 251 g/mol. The van der Waals surface area contributed by atoms with Crippen LogP contribution in [0.5, 0.6) is 0 Å². The lowest BCUT2D eigenvalue weighted by Gasteiger charge is -2.26. The van der Waals surface area contributed by atoms with Crippen molar-refractivity contribution in [3.63, 3.8) is 0 Å². The van der Waals surface area contributed by atoms with Gasteiger partial charge in [-0.25, -0.2) is 0 Å². The van der Waals surface area contributed by atoms with Crippen molar-refractivity contribution in [3.8, 4) is 0 Å². The second kappa shape index (κ2) is 6.92. The second-order valence-electron chi connectivity index (χ2n) is 4.78. The number of nitrogens with one attached hydrogen (secondary N) is 1. The standard InChI is InChI=1S/C14H21NOS/c16-17(12-14-10-15-11-14)9-5-4-8-13-6-2-1-3-7-13/h1-3,6-7,14-15H,4-5,8-12H2. The summed E-state index contributed by atoms with van der Waals surface area (Å²) < 4.78 is 11.7. The maximum absolute atomic E-state index is 11.7. The molecular weight excluding hydrogens is 230 g/mol. The Hall–Kier alpha value is -0.670. The lowest BCUT2D eigenvalue weighted by atomic mass is 10.1. The zero-order chi connectivity index (χ0) is 11.9. The predicted molar refractivity (Wildman–Crippen MR) is 73.6 cm³/mol. The van der Waals surface area contributed by atoms with Crippen LogP contribution in [0.25, 0.3) is 0 Å². The molecule has 1 heterocycles. The van der Waals surface area contributed by atoms with E-state index in [4.69, 9.17) is 0 Å². The third-order valence-corrected chi connectivity index (χ3v) is 4.81. The van der Waals surface area contributed by atoms with E-state index in [0.717, 1.165) is 43.9 Å². The lowest BCUT2D eigenvalue weighted by Crippen LogP contribution is -2.44. The first-order valence-electron chi connectivity index (χ1n) is 6.44. The number of hydrogen-bond acceptors (Lipinski definition) is 2. The molecule has 0 bridgehead atoms. The summed E-state index contributed by atoms with van der Waals surface area (Å²) >= 11 is 0.